The van der Waals surface area contributed by atoms with Crippen LogP contribution in [0.15, 0.2) is 11.2 Å². The molecule has 4 nitrogen and oxygen atoms in total. The van der Waals surface area contributed by atoms with Crippen LogP contribution in [0.25, 0.3) is 0 Å². The van der Waals surface area contributed by atoms with Gasteiger partial charge in [0.25, 0.3) is 0 Å². The third kappa shape index (κ3) is 1.70. The molecule has 1 heterocycles. The number of hydrazine groups is 1. The van der Waals surface area contributed by atoms with Crippen LogP contribution in [0.5, 0.6) is 0 Å². The molecule has 0 bridgehead atoms. The van der Waals surface area contributed by atoms with Crippen LogP contribution in [-0.4, -0.2) is 17.9 Å². The minimum atomic E-state index is -0.632. The van der Waals surface area contributed by atoms with E-state index < -0.39 is 5.97 Å². The molecular weight excluding hydrogens is 137 g/mol. The lowest BCUT2D eigenvalue weighted by molar-refractivity contribution is -0.185. The lowest BCUT2D eigenvalue weighted by atomic mass is 10.6. The van der Waals surface area contributed by atoms with Crippen molar-refractivity contribution in [2.75, 3.05) is 6.61 Å². The Balaban J connectivity index is 2.43. The maximum Gasteiger partial charge on any atom is 0.237 e. The molecule has 0 aromatic rings. The predicted molar refractivity (Wildman–Crippen MR) is 33.0 cm³/mol. The van der Waals surface area contributed by atoms with Crippen LogP contribution in [0.2, 0.25) is 0 Å². The average molecular weight is 144 g/mol. The fraction of sp³-hybridized carbons (Fsp3) is 0.400. The predicted octanol–water partition coefficient (Wildman–Crippen LogP) is 0.358. The zero-order chi connectivity index (χ0) is 7.40. The van der Waals surface area contributed by atoms with E-state index in [0.717, 1.165) is 11.4 Å². The molecule has 5 heteroatoms. The van der Waals surface area contributed by atoms with Gasteiger partial charge in [-0.3, -0.25) is 5.43 Å². The van der Waals surface area contributed by atoms with E-state index in [1.807, 2.05) is 0 Å². The Morgan fingerprint density at radius 2 is 2.80 bits per heavy atom. The number of hydrogen-bond acceptors (Lipinski definition) is 4. The highest BCUT2D eigenvalue weighted by molar-refractivity contribution is 5.85. The van der Waals surface area contributed by atoms with Crippen molar-refractivity contribution in [3.63, 3.8) is 0 Å². The van der Waals surface area contributed by atoms with Gasteiger partial charge in [0.15, 0.2) is 0 Å². The summed E-state index contributed by atoms with van der Waals surface area (Å²) in [6.07, 6.45) is 3.47. The van der Waals surface area contributed by atoms with E-state index in [-0.39, 0.29) is 0 Å². The minimum absolute atomic E-state index is 0.422. The summed E-state index contributed by atoms with van der Waals surface area (Å²) >= 11 is 0. The highest BCUT2D eigenvalue weighted by atomic mass is 19.1. The topological polar surface area (TPSA) is 36.9 Å². The van der Waals surface area contributed by atoms with Crippen LogP contribution < -0.4 is 5.43 Å². The van der Waals surface area contributed by atoms with Gasteiger partial charge in [-0.2, -0.15) is 4.39 Å². The first-order chi connectivity index (χ1) is 4.83. The second kappa shape index (κ2) is 3.17. The number of rotatable bonds is 2. The molecule has 0 aromatic heterocycles. The Morgan fingerprint density at radius 1 is 2.00 bits per heavy atom. The van der Waals surface area contributed by atoms with Gasteiger partial charge in [0.1, 0.15) is 0 Å². The van der Waals surface area contributed by atoms with Crippen molar-refractivity contribution in [3.8, 4) is 0 Å². The van der Waals surface area contributed by atoms with E-state index in [1.165, 1.54) is 0 Å². The van der Waals surface area contributed by atoms with Crippen molar-refractivity contribution < 1.29 is 9.23 Å². The smallest absolute Gasteiger partial charge is 0.237 e. The van der Waals surface area contributed by atoms with Crippen molar-refractivity contribution in [1.82, 2.24) is 10.7 Å². The maximum absolute atomic E-state index is 12.2. The summed E-state index contributed by atoms with van der Waals surface area (Å²) in [6, 6.07) is 0. The van der Waals surface area contributed by atoms with E-state index in [0.29, 0.717) is 6.61 Å². The third-order valence-corrected chi connectivity index (χ3v) is 0.789. The summed E-state index contributed by atoms with van der Waals surface area (Å²) in [5.41, 5.74) is 2.43. The first-order valence-corrected chi connectivity index (χ1v) is 2.84. The minimum Gasteiger partial charge on any atom is -0.255 e. The summed E-state index contributed by atoms with van der Waals surface area (Å²) < 4.78 is 12.2. The standard InChI is InChI=1S/C5H7FN3O/c1-2-10-9-7-4-3-5(6)8-9/h3,7H,2H2,1H3. The van der Waals surface area contributed by atoms with Crippen molar-refractivity contribution in [1.29, 1.82) is 0 Å². The monoisotopic (exact) mass is 144 g/mol. The molecular formula is C5H7FN3O. The second-order valence-electron chi connectivity index (χ2n) is 1.51. The van der Waals surface area contributed by atoms with Crippen LogP contribution in [-0.2, 0) is 4.84 Å². The van der Waals surface area contributed by atoms with E-state index in [4.69, 9.17) is 4.84 Å². The van der Waals surface area contributed by atoms with Crippen molar-refractivity contribution in [2.45, 2.75) is 6.92 Å². The second-order valence-corrected chi connectivity index (χ2v) is 1.51. The Bertz CT molecular complexity index is 168. The Morgan fingerprint density at radius 3 is 3.40 bits per heavy atom. The molecule has 0 saturated carbocycles. The lowest BCUT2D eigenvalue weighted by Gasteiger charge is -2.17. The Kier molecular flexibility index (Phi) is 2.22. The van der Waals surface area contributed by atoms with E-state index in [9.17, 15) is 4.39 Å². The number of nitrogens with one attached hydrogen (secondary N) is 1. The number of halogens is 1. The van der Waals surface area contributed by atoms with Gasteiger partial charge < -0.3 is 0 Å². The van der Waals surface area contributed by atoms with Crippen LogP contribution >= 0.6 is 0 Å². The van der Waals surface area contributed by atoms with E-state index in [2.05, 4.69) is 16.7 Å². The van der Waals surface area contributed by atoms with Crippen LogP contribution in [0.4, 0.5) is 4.39 Å². The summed E-state index contributed by atoms with van der Waals surface area (Å²) in [4.78, 5) is 4.77. The maximum atomic E-state index is 12.2. The molecule has 0 fully saturated rings. The molecule has 1 rings (SSSR count). The molecule has 0 spiro atoms. The van der Waals surface area contributed by atoms with Crippen LogP contribution in [0.1, 0.15) is 6.92 Å². The summed E-state index contributed by atoms with van der Waals surface area (Å²) in [5, 5.41) is 4.22. The van der Waals surface area contributed by atoms with Crippen LogP contribution in [0, 0.1) is 6.20 Å². The normalized spacial score (nSPS) is 16.6. The van der Waals surface area contributed by atoms with Gasteiger partial charge in [0.05, 0.1) is 12.8 Å². The molecule has 0 amide bonds. The zero-order valence-corrected chi connectivity index (χ0v) is 5.47. The van der Waals surface area contributed by atoms with E-state index in [1.54, 1.807) is 6.92 Å². The summed E-state index contributed by atoms with van der Waals surface area (Å²) in [6.45, 7) is 2.19. The van der Waals surface area contributed by atoms with Gasteiger partial charge in [-0.1, -0.05) is 10.4 Å². The summed E-state index contributed by atoms with van der Waals surface area (Å²) in [7, 11) is 0. The van der Waals surface area contributed by atoms with Gasteiger partial charge in [-0.05, 0) is 6.92 Å². The molecule has 55 valence electrons. The molecule has 0 unspecified atom stereocenters. The first kappa shape index (κ1) is 7.01. The molecule has 10 heavy (non-hydrogen) atoms. The molecule has 1 aliphatic rings. The van der Waals surface area contributed by atoms with Gasteiger partial charge in [-0.15, -0.1) is 0 Å². The quantitative estimate of drug-likeness (QED) is 0.607. The molecule has 0 aromatic carbocycles. The van der Waals surface area contributed by atoms with Gasteiger partial charge in [-0.25, -0.2) is 4.84 Å². The molecule has 1 N–H and O–H groups in total. The molecule has 1 radical (unpaired) electrons. The van der Waals surface area contributed by atoms with Gasteiger partial charge in [0, 0.05) is 6.08 Å². The molecule has 0 atom stereocenters. The SMILES string of the molecule is CCON1N=C(F)C=[C]N1. The Labute approximate surface area is 57.9 Å². The van der Waals surface area contributed by atoms with Crippen molar-refractivity contribution in [3.05, 3.63) is 12.3 Å². The molecule has 1 aliphatic heterocycles. The highest BCUT2D eigenvalue weighted by Gasteiger charge is 2.04. The number of allylic oxidation sites excluding steroid dienone is 1. The largest absolute Gasteiger partial charge is 0.255 e. The fourth-order valence-electron chi connectivity index (χ4n) is 0.471. The molecule has 0 saturated heterocycles. The first-order valence-electron chi connectivity index (χ1n) is 2.84. The van der Waals surface area contributed by atoms with Crippen molar-refractivity contribution in [2.24, 2.45) is 5.10 Å². The molecule has 0 aliphatic carbocycles. The number of hydrazone groups is 1. The Hall–Kier alpha value is -1.10. The number of hydrogen-bond donors (Lipinski definition) is 1. The average Bonchev–Trinajstić information content (AvgIpc) is 1.88. The van der Waals surface area contributed by atoms with Crippen molar-refractivity contribution >= 4 is 5.97 Å². The third-order valence-electron chi connectivity index (χ3n) is 0.789. The van der Waals surface area contributed by atoms with Crippen LogP contribution in [0.3, 0.4) is 0 Å². The van der Waals surface area contributed by atoms with E-state index >= 15 is 0 Å². The lowest BCUT2D eigenvalue weighted by Crippen LogP contribution is -2.32. The fourth-order valence-corrected chi connectivity index (χ4v) is 0.471. The summed E-state index contributed by atoms with van der Waals surface area (Å²) in [5.74, 6) is -0.632. The number of nitrogens with zero attached hydrogens (tertiary/aromatic N) is 2. The highest BCUT2D eigenvalue weighted by Crippen LogP contribution is 1.95. The van der Waals surface area contributed by atoms with Gasteiger partial charge in [0.2, 0.25) is 5.97 Å². The zero-order valence-electron chi connectivity index (χ0n) is 5.47. The van der Waals surface area contributed by atoms with Gasteiger partial charge >= 0.3 is 0 Å².